The summed E-state index contributed by atoms with van der Waals surface area (Å²) >= 11 is 0. The first-order valence-electron chi connectivity index (χ1n) is 8.97. The zero-order chi connectivity index (χ0) is 17.5. The van der Waals surface area contributed by atoms with Gasteiger partial charge in [-0.2, -0.15) is 0 Å². The maximum atomic E-state index is 5.20. The predicted octanol–water partition coefficient (Wildman–Crippen LogP) is 2.66. The van der Waals surface area contributed by atoms with Crippen LogP contribution in [-0.4, -0.2) is 63.3 Å². The van der Waals surface area contributed by atoms with Crippen molar-refractivity contribution in [3.8, 4) is 11.3 Å². The Bertz CT molecular complexity index is 657. The molecule has 2 heterocycles. The third-order valence-electron chi connectivity index (χ3n) is 4.72. The van der Waals surface area contributed by atoms with E-state index < -0.39 is 0 Å². The lowest BCUT2D eigenvalue weighted by Gasteiger charge is -2.36. The molecular formula is C20H29ClN4O. The van der Waals surface area contributed by atoms with Crippen molar-refractivity contribution >= 4 is 18.1 Å². The molecule has 0 atom stereocenters. The van der Waals surface area contributed by atoms with E-state index in [1.165, 1.54) is 11.3 Å². The summed E-state index contributed by atoms with van der Waals surface area (Å²) in [6.07, 6.45) is 1.88. The van der Waals surface area contributed by atoms with Crippen LogP contribution in [0.3, 0.4) is 0 Å². The van der Waals surface area contributed by atoms with Gasteiger partial charge in [0.25, 0.3) is 0 Å². The Morgan fingerprint density at radius 3 is 2.46 bits per heavy atom. The molecule has 0 unspecified atom stereocenters. The van der Waals surface area contributed by atoms with Gasteiger partial charge in [0.05, 0.1) is 18.0 Å². The molecule has 0 spiro atoms. The third-order valence-corrected chi connectivity index (χ3v) is 4.72. The Labute approximate surface area is 162 Å². The van der Waals surface area contributed by atoms with E-state index in [4.69, 9.17) is 4.74 Å². The first kappa shape index (κ1) is 20.6. The molecule has 0 amide bonds. The lowest BCUT2D eigenvalue weighted by atomic mass is 10.1. The summed E-state index contributed by atoms with van der Waals surface area (Å²) < 4.78 is 5.20. The molecule has 1 aromatic carbocycles. The maximum Gasteiger partial charge on any atom is 0.0935 e. The number of anilines is 1. The van der Waals surface area contributed by atoms with Crippen LogP contribution >= 0.6 is 12.4 Å². The number of nitrogens with zero attached hydrogens (tertiary/aromatic N) is 3. The molecule has 142 valence electrons. The van der Waals surface area contributed by atoms with Crippen molar-refractivity contribution in [3.63, 3.8) is 0 Å². The van der Waals surface area contributed by atoms with Crippen molar-refractivity contribution in [2.24, 2.45) is 0 Å². The average Bonchev–Trinajstić information content (AvgIpc) is 2.68. The van der Waals surface area contributed by atoms with Crippen LogP contribution in [0.25, 0.3) is 11.3 Å². The van der Waals surface area contributed by atoms with E-state index >= 15 is 0 Å². The Kier molecular flexibility index (Phi) is 8.32. The molecule has 2 aromatic rings. The summed E-state index contributed by atoms with van der Waals surface area (Å²) in [6.45, 7) is 7.10. The van der Waals surface area contributed by atoms with E-state index in [2.05, 4.69) is 50.4 Å². The van der Waals surface area contributed by atoms with Crippen molar-refractivity contribution in [3.05, 3.63) is 48.2 Å². The second-order valence-electron chi connectivity index (χ2n) is 6.43. The molecule has 6 heteroatoms. The van der Waals surface area contributed by atoms with Gasteiger partial charge in [-0.1, -0.05) is 24.3 Å². The van der Waals surface area contributed by atoms with Crippen molar-refractivity contribution in [1.29, 1.82) is 0 Å². The maximum absolute atomic E-state index is 5.20. The fourth-order valence-electron chi connectivity index (χ4n) is 3.28. The van der Waals surface area contributed by atoms with Crippen LogP contribution in [0.1, 0.15) is 5.56 Å². The molecular weight excluding hydrogens is 348 g/mol. The highest BCUT2D eigenvalue weighted by atomic mass is 35.5. The number of methoxy groups -OCH3 is 1. The van der Waals surface area contributed by atoms with Gasteiger partial charge in [0.2, 0.25) is 0 Å². The molecule has 1 fully saturated rings. The van der Waals surface area contributed by atoms with Gasteiger partial charge in [0.1, 0.15) is 0 Å². The van der Waals surface area contributed by atoms with E-state index in [0.29, 0.717) is 6.61 Å². The standard InChI is InChI=1S/C20H28N4O.ClH/c1-21-10-11-23-12-14-24(15-13-23)19-4-3-9-22-20(19)18-7-5-17(6-8-18)16-25-2;/h3-9,21H,10-16H2,1-2H3;1H. The predicted molar refractivity (Wildman–Crippen MR) is 110 cm³/mol. The van der Waals surface area contributed by atoms with E-state index in [9.17, 15) is 0 Å². The average molecular weight is 377 g/mol. The SMILES string of the molecule is CNCCN1CCN(c2cccnc2-c2ccc(COC)cc2)CC1.Cl. The fraction of sp³-hybridized carbons (Fsp3) is 0.450. The molecule has 26 heavy (non-hydrogen) atoms. The van der Waals surface area contributed by atoms with Gasteiger partial charge in [0.15, 0.2) is 0 Å². The Hall–Kier alpha value is -1.66. The Morgan fingerprint density at radius 1 is 1.08 bits per heavy atom. The van der Waals surface area contributed by atoms with Gasteiger partial charge in [-0.05, 0) is 24.7 Å². The summed E-state index contributed by atoms with van der Waals surface area (Å²) in [5.41, 5.74) is 4.64. The van der Waals surface area contributed by atoms with Gasteiger partial charge in [0, 0.05) is 58.1 Å². The summed E-state index contributed by atoms with van der Waals surface area (Å²) in [7, 11) is 3.73. The van der Waals surface area contributed by atoms with Gasteiger partial charge in [-0.15, -0.1) is 12.4 Å². The second-order valence-corrected chi connectivity index (χ2v) is 6.43. The number of hydrogen-bond donors (Lipinski definition) is 1. The zero-order valence-corrected chi connectivity index (χ0v) is 16.5. The molecule has 1 aromatic heterocycles. The zero-order valence-electron chi connectivity index (χ0n) is 15.6. The molecule has 0 radical (unpaired) electrons. The minimum absolute atomic E-state index is 0. The van der Waals surface area contributed by atoms with Crippen molar-refractivity contribution < 1.29 is 4.74 Å². The van der Waals surface area contributed by atoms with E-state index in [0.717, 1.165) is 50.5 Å². The highest BCUT2D eigenvalue weighted by molar-refractivity contribution is 5.85. The van der Waals surface area contributed by atoms with Gasteiger partial charge < -0.3 is 15.0 Å². The lowest BCUT2D eigenvalue weighted by Crippen LogP contribution is -2.48. The topological polar surface area (TPSA) is 40.6 Å². The molecule has 0 bridgehead atoms. The monoisotopic (exact) mass is 376 g/mol. The Balaban J connectivity index is 0.00000243. The number of piperazine rings is 1. The number of aromatic nitrogens is 1. The highest BCUT2D eigenvalue weighted by Crippen LogP contribution is 2.29. The van der Waals surface area contributed by atoms with Crippen LogP contribution in [0, 0.1) is 0 Å². The third kappa shape index (κ3) is 5.17. The molecule has 3 rings (SSSR count). The smallest absolute Gasteiger partial charge is 0.0935 e. The normalized spacial score (nSPS) is 14.9. The summed E-state index contributed by atoms with van der Waals surface area (Å²) in [4.78, 5) is 9.65. The molecule has 0 saturated carbocycles. The summed E-state index contributed by atoms with van der Waals surface area (Å²) in [6, 6.07) is 12.7. The molecule has 0 aliphatic carbocycles. The number of halogens is 1. The summed E-state index contributed by atoms with van der Waals surface area (Å²) in [5.74, 6) is 0. The number of likely N-dealkylation sites (N-methyl/N-ethyl adjacent to an activating group) is 1. The van der Waals surface area contributed by atoms with Crippen LogP contribution in [0.4, 0.5) is 5.69 Å². The number of benzene rings is 1. The minimum Gasteiger partial charge on any atom is -0.380 e. The molecule has 1 aliphatic heterocycles. The van der Waals surface area contributed by atoms with Crippen LogP contribution in [-0.2, 0) is 11.3 Å². The fourth-order valence-corrected chi connectivity index (χ4v) is 3.28. The number of nitrogens with one attached hydrogen (secondary N) is 1. The highest BCUT2D eigenvalue weighted by Gasteiger charge is 2.19. The minimum atomic E-state index is 0. The first-order valence-corrected chi connectivity index (χ1v) is 8.97. The Morgan fingerprint density at radius 2 is 1.81 bits per heavy atom. The van der Waals surface area contributed by atoms with Gasteiger partial charge in [-0.3, -0.25) is 9.88 Å². The molecule has 1 aliphatic rings. The van der Waals surface area contributed by atoms with Gasteiger partial charge >= 0.3 is 0 Å². The van der Waals surface area contributed by atoms with Gasteiger partial charge in [-0.25, -0.2) is 0 Å². The first-order chi connectivity index (χ1) is 12.3. The molecule has 5 nitrogen and oxygen atoms in total. The van der Waals surface area contributed by atoms with Crippen LogP contribution in [0.15, 0.2) is 42.6 Å². The van der Waals surface area contributed by atoms with E-state index in [1.807, 2.05) is 19.3 Å². The van der Waals surface area contributed by atoms with Crippen LogP contribution in [0.5, 0.6) is 0 Å². The second kappa shape index (κ2) is 10.5. The largest absolute Gasteiger partial charge is 0.380 e. The van der Waals surface area contributed by atoms with Crippen LogP contribution in [0.2, 0.25) is 0 Å². The lowest BCUT2D eigenvalue weighted by molar-refractivity contribution is 0.185. The van der Waals surface area contributed by atoms with Crippen molar-refractivity contribution in [1.82, 2.24) is 15.2 Å². The van der Waals surface area contributed by atoms with Crippen molar-refractivity contribution in [2.45, 2.75) is 6.61 Å². The quantitative estimate of drug-likeness (QED) is 0.804. The van der Waals surface area contributed by atoms with E-state index in [-0.39, 0.29) is 12.4 Å². The molecule has 1 N–H and O–H groups in total. The van der Waals surface area contributed by atoms with Crippen molar-refractivity contribution in [2.75, 3.05) is 58.3 Å². The van der Waals surface area contributed by atoms with E-state index in [1.54, 1.807) is 7.11 Å². The van der Waals surface area contributed by atoms with Crippen LogP contribution < -0.4 is 10.2 Å². The number of rotatable bonds is 7. The summed E-state index contributed by atoms with van der Waals surface area (Å²) in [5, 5.41) is 3.23. The number of pyridine rings is 1. The number of hydrogen-bond acceptors (Lipinski definition) is 5. The molecule has 1 saturated heterocycles. The number of ether oxygens (including phenoxy) is 1.